The number of piperazine rings is 1. The lowest BCUT2D eigenvalue weighted by Crippen LogP contribution is -2.50. The second kappa shape index (κ2) is 7.43. The molecule has 0 bridgehead atoms. The number of nitrogens with one attached hydrogen (secondary N) is 1. The molecule has 0 atom stereocenters. The first kappa shape index (κ1) is 15.8. The number of hydrogen-bond donors (Lipinski definition) is 2. The van der Waals surface area contributed by atoms with Crippen molar-refractivity contribution in [2.24, 2.45) is 0 Å². The van der Waals surface area contributed by atoms with Gasteiger partial charge in [0.15, 0.2) is 0 Å². The molecule has 0 aliphatic carbocycles. The largest absolute Gasteiger partial charge is 0.395 e. The molecule has 1 aliphatic rings. The van der Waals surface area contributed by atoms with Gasteiger partial charge in [-0.3, -0.25) is 4.90 Å². The Kier molecular flexibility index (Phi) is 5.59. The minimum Gasteiger partial charge on any atom is -0.395 e. The van der Waals surface area contributed by atoms with Crippen LogP contribution in [0.2, 0.25) is 0 Å². The molecule has 0 spiro atoms. The Bertz CT molecular complexity index is 451. The molecule has 1 aliphatic heterocycles. The van der Waals surface area contributed by atoms with Gasteiger partial charge in [0, 0.05) is 38.4 Å². The summed E-state index contributed by atoms with van der Waals surface area (Å²) in [5.74, 6) is 0.495. The van der Waals surface area contributed by atoms with Crippen LogP contribution in [-0.4, -0.2) is 60.3 Å². The molecule has 0 aromatic heterocycles. The van der Waals surface area contributed by atoms with E-state index in [1.165, 1.54) is 5.56 Å². The van der Waals surface area contributed by atoms with Crippen molar-refractivity contribution in [2.75, 3.05) is 44.6 Å². The van der Waals surface area contributed by atoms with Gasteiger partial charge in [0.1, 0.15) is 0 Å². The van der Waals surface area contributed by atoms with Crippen LogP contribution >= 0.6 is 0 Å². The lowest BCUT2D eigenvalue weighted by atomic mass is 10.0. The van der Waals surface area contributed by atoms with Gasteiger partial charge in [0.25, 0.3) is 0 Å². The van der Waals surface area contributed by atoms with E-state index in [1.54, 1.807) is 0 Å². The highest BCUT2D eigenvalue weighted by Gasteiger charge is 2.20. The number of hydrogen-bond acceptors (Lipinski definition) is 3. The number of nitrogens with zero attached hydrogens (tertiary/aromatic N) is 2. The van der Waals surface area contributed by atoms with Crippen LogP contribution in [0.5, 0.6) is 0 Å². The lowest BCUT2D eigenvalue weighted by Gasteiger charge is -2.34. The van der Waals surface area contributed by atoms with Crippen LogP contribution in [0.3, 0.4) is 0 Å². The molecular formula is C16H25N3O2. The molecule has 1 aromatic rings. The highest BCUT2D eigenvalue weighted by molar-refractivity contribution is 5.89. The second-order valence-electron chi connectivity index (χ2n) is 5.76. The summed E-state index contributed by atoms with van der Waals surface area (Å²) in [5, 5.41) is 11.9. The number of benzene rings is 1. The molecular weight excluding hydrogens is 266 g/mol. The SMILES string of the molecule is CC(C)c1ccc(NC(=O)N2CCN(CCO)CC2)cc1. The first-order chi connectivity index (χ1) is 10.1. The molecule has 0 saturated carbocycles. The Labute approximate surface area is 126 Å². The third-order valence-electron chi connectivity index (χ3n) is 3.90. The van der Waals surface area contributed by atoms with Gasteiger partial charge in [-0.1, -0.05) is 26.0 Å². The molecule has 0 unspecified atom stereocenters. The van der Waals surface area contributed by atoms with E-state index in [0.29, 0.717) is 25.6 Å². The standard InChI is InChI=1S/C16H25N3O2/c1-13(2)14-3-5-15(6-4-14)17-16(21)19-9-7-18(8-10-19)11-12-20/h3-6,13,20H,7-12H2,1-2H3,(H,17,21). The predicted molar refractivity (Wildman–Crippen MR) is 84.6 cm³/mol. The Morgan fingerprint density at radius 3 is 2.33 bits per heavy atom. The van der Waals surface area contributed by atoms with Gasteiger partial charge in [-0.25, -0.2) is 4.79 Å². The quantitative estimate of drug-likeness (QED) is 0.891. The zero-order valence-electron chi connectivity index (χ0n) is 12.9. The summed E-state index contributed by atoms with van der Waals surface area (Å²) < 4.78 is 0. The molecule has 2 N–H and O–H groups in total. The second-order valence-corrected chi connectivity index (χ2v) is 5.76. The van der Waals surface area contributed by atoms with Gasteiger partial charge in [-0.2, -0.15) is 0 Å². The normalized spacial score (nSPS) is 16.3. The van der Waals surface area contributed by atoms with Crippen molar-refractivity contribution in [3.63, 3.8) is 0 Å². The molecule has 2 rings (SSSR count). The first-order valence-electron chi connectivity index (χ1n) is 7.59. The average Bonchev–Trinajstić information content (AvgIpc) is 2.49. The van der Waals surface area contributed by atoms with Gasteiger partial charge >= 0.3 is 6.03 Å². The summed E-state index contributed by atoms with van der Waals surface area (Å²) >= 11 is 0. The van der Waals surface area contributed by atoms with E-state index in [4.69, 9.17) is 5.11 Å². The van der Waals surface area contributed by atoms with E-state index in [-0.39, 0.29) is 12.6 Å². The highest BCUT2D eigenvalue weighted by Crippen LogP contribution is 2.17. The van der Waals surface area contributed by atoms with Crippen LogP contribution in [0.1, 0.15) is 25.3 Å². The van der Waals surface area contributed by atoms with Gasteiger partial charge in [0.05, 0.1) is 6.61 Å². The fourth-order valence-electron chi connectivity index (χ4n) is 2.47. The van der Waals surface area contributed by atoms with E-state index in [1.807, 2.05) is 17.0 Å². The van der Waals surface area contributed by atoms with Crippen molar-refractivity contribution >= 4 is 11.7 Å². The van der Waals surface area contributed by atoms with Gasteiger partial charge in [-0.15, -0.1) is 0 Å². The Morgan fingerprint density at radius 1 is 1.19 bits per heavy atom. The lowest BCUT2D eigenvalue weighted by molar-refractivity contribution is 0.127. The third-order valence-corrected chi connectivity index (χ3v) is 3.90. The molecule has 1 saturated heterocycles. The summed E-state index contributed by atoms with van der Waals surface area (Å²) in [7, 11) is 0. The zero-order chi connectivity index (χ0) is 15.2. The average molecular weight is 291 g/mol. The summed E-state index contributed by atoms with van der Waals surface area (Å²) in [6.45, 7) is 8.21. The Balaban J connectivity index is 1.84. The van der Waals surface area contributed by atoms with Gasteiger partial charge in [0.2, 0.25) is 0 Å². The predicted octanol–water partition coefficient (Wildman–Crippen LogP) is 1.95. The number of carbonyl (C=O) groups excluding carboxylic acids is 1. The number of urea groups is 1. The third kappa shape index (κ3) is 4.44. The van der Waals surface area contributed by atoms with Crippen LogP contribution in [0, 0.1) is 0 Å². The molecule has 5 nitrogen and oxygen atoms in total. The van der Waals surface area contributed by atoms with Crippen LogP contribution in [0.4, 0.5) is 10.5 Å². The summed E-state index contributed by atoms with van der Waals surface area (Å²) in [4.78, 5) is 16.2. The maximum absolute atomic E-state index is 12.2. The number of β-amino-alcohol motifs (C(OH)–C–C–N with tert-alkyl or cyclic N) is 1. The first-order valence-corrected chi connectivity index (χ1v) is 7.59. The topological polar surface area (TPSA) is 55.8 Å². The van der Waals surface area contributed by atoms with E-state index in [2.05, 4.69) is 36.2 Å². The molecule has 1 fully saturated rings. The molecule has 21 heavy (non-hydrogen) atoms. The van der Waals surface area contributed by atoms with E-state index < -0.39 is 0 Å². The highest BCUT2D eigenvalue weighted by atomic mass is 16.3. The molecule has 1 aromatic carbocycles. The number of anilines is 1. The maximum Gasteiger partial charge on any atom is 0.321 e. The van der Waals surface area contributed by atoms with Gasteiger partial charge < -0.3 is 15.3 Å². The van der Waals surface area contributed by atoms with Crippen molar-refractivity contribution in [2.45, 2.75) is 19.8 Å². The van der Waals surface area contributed by atoms with Crippen molar-refractivity contribution in [1.29, 1.82) is 0 Å². The molecule has 1 heterocycles. The zero-order valence-corrected chi connectivity index (χ0v) is 12.9. The summed E-state index contributed by atoms with van der Waals surface area (Å²) in [6, 6.07) is 7.97. The van der Waals surface area contributed by atoms with Crippen LogP contribution in [0.25, 0.3) is 0 Å². The number of amides is 2. The van der Waals surface area contributed by atoms with Crippen molar-refractivity contribution in [3.05, 3.63) is 29.8 Å². The van der Waals surface area contributed by atoms with Crippen molar-refractivity contribution < 1.29 is 9.90 Å². The summed E-state index contributed by atoms with van der Waals surface area (Å²) in [5.41, 5.74) is 2.10. The van der Waals surface area contributed by atoms with E-state index >= 15 is 0 Å². The fraction of sp³-hybridized carbons (Fsp3) is 0.562. The smallest absolute Gasteiger partial charge is 0.321 e. The van der Waals surface area contributed by atoms with E-state index in [9.17, 15) is 4.79 Å². The van der Waals surface area contributed by atoms with Crippen molar-refractivity contribution in [1.82, 2.24) is 9.80 Å². The number of rotatable bonds is 4. The van der Waals surface area contributed by atoms with E-state index in [0.717, 1.165) is 18.8 Å². The number of aliphatic hydroxyl groups excluding tert-OH is 1. The summed E-state index contributed by atoms with van der Waals surface area (Å²) in [6.07, 6.45) is 0. The van der Waals surface area contributed by atoms with Crippen molar-refractivity contribution in [3.8, 4) is 0 Å². The minimum absolute atomic E-state index is 0.0454. The number of aliphatic hydroxyl groups is 1. The van der Waals surface area contributed by atoms with Crippen LogP contribution < -0.4 is 5.32 Å². The molecule has 2 amide bonds. The minimum atomic E-state index is -0.0454. The fourth-order valence-corrected chi connectivity index (χ4v) is 2.47. The Morgan fingerprint density at radius 2 is 1.81 bits per heavy atom. The molecule has 116 valence electrons. The molecule has 5 heteroatoms. The van der Waals surface area contributed by atoms with Crippen LogP contribution in [0.15, 0.2) is 24.3 Å². The maximum atomic E-state index is 12.2. The Hall–Kier alpha value is -1.59. The number of carbonyl (C=O) groups is 1. The monoisotopic (exact) mass is 291 g/mol. The molecule has 0 radical (unpaired) electrons. The van der Waals surface area contributed by atoms with Gasteiger partial charge in [-0.05, 0) is 23.6 Å². The van der Waals surface area contributed by atoms with Crippen LogP contribution in [-0.2, 0) is 0 Å².